The van der Waals surface area contributed by atoms with E-state index in [0.29, 0.717) is 43.5 Å². The Kier molecular flexibility index (Phi) is 31.4. The Hall–Kier alpha value is -7.56. The normalized spacial score (nSPS) is 26.2. The van der Waals surface area contributed by atoms with Crippen molar-refractivity contribution in [2.45, 2.75) is 208 Å². The second kappa shape index (κ2) is 37.2. The number of nitrogens with one attached hydrogen (secondary N) is 1. The van der Waals surface area contributed by atoms with Crippen molar-refractivity contribution in [3.63, 3.8) is 0 Å². The van der Waals surface area contributed by atoms with Crippen LogP contribution in [0.5, 0.6) is 0 Å². The summed E-state index contributed by atoms with van der Waals surface area (Å²) in [6.45, 7) is 19.6. The SMILES string of the molecule is CC[C@H](C)[C@H]1C(=O)C[C@H](C(=O)N2CCCCC2)CC(=O)N(C)CC(=O)N(C)[C@@H](CC(C)C)C(=O)C[C@@H](C)C(=O)N(C)[C@@H](CC(C)C)C(=O)N(C)[C@@H](Cc2ccccc2)C(=O)N(C)[C@@H](CC(C)C)C(=O)N(C)[C@@H](Cc2ccccc2)C(=O)N[C@@H]([C@@H](C)O)C(=O)N(C)[C@@H](C)C(=O)N1C. The molecule has 2 aromatic rings. The summed E-state index contributed by atoms with van der Waals surface area (Å²) in [5.41, 5.74) is 1.32. The van der Waals surface area contributed by atoms with Crippen molar-refractivity contribution in [2.75, 3.05) is 76.0 Å². The van der Waals surface area contributed by atoms with Gasteiger partial charge in [-0.2, -0.15) is 0 Å². The molecule has 0 aromatic heterocycles. The van der Waals surface area contributed by atoms with Crippen LogP contribution in [0.25, 0.3) is 0 Å². The zero-order valence-corrected chi connectivity index (χ0v) is 60.9. The molecular formula is C73H114N10O13. The smallest absolute Gasteiger partial charge is 0.248 e. The summed E-state index contributed by atoms with van der Waals surface area (Å²) in [6, 6.07) is 7.69. The Morgan fingerprint density at radius 3 is 1.42 bits per heavy atom. The number of nitrogens with zero attached hydrogens (tertiary/aromatic N) is 9. The topological polar surface area (TPSA) is 266 Å². The fourth-order valence-electron chi connectivity index (χ4n) is 13.1. The largest absolute Gasteiger partial charge is 0.391 e. The van der Waals surface area contributed by atoms with Gasteiger partial charge >= 0.3 is 0 Å². The number of aliphatic hydroxyl groups excluding tert-OH is 1. The predicted molar refractivity (Wildman–Crippen MR) is 368 cm³/mol. The number of amides is 10. The molecule has 2 N–H and O–H groups in total. The zero-order valence-electron chi connectivity index (χ0n) is 60.9. The number of piperidine rings is 1. The van der Waals surface area contributed by atoms with Gasteiger partial charge in [0, 0.05) is 107 Å². The maximum Gasteiger partial charge on any atom is 0.248 e. The van der Waals surface area contributed by atoms with Gasteiger partial charge in [-0.15, -0.1) is 0 Å². The first-order valence-electron chi connectivity index (χ1n) is 34.5. The highest BCUT2D eigenvalue weighted by Crippen LogP contribution is 2.28. The van der Waals surface area contributed by atoms with Crippen LogP contribution in [0.2, 0.25) is 0 Å². The summed E-state index contributed by atoms with van der Waals surface area (Å²) in [5, 5.41) is 14.1. The highest BCUT2D eigenvalue weighted by atomic mass is 16.3. The number of carbonyl (C=O) groups is 12. The van der Waals surface area contributed by atoms with E-state index in [-0.39, 0.29) is 56.3 Å². The maximum atomic E-state index is 15.6. The molecule has 4 rings (SSSR count). The number of aliphatic hydroxyl groups is 1. The van der Waals surface area contributed by atoms with Crippen LogP contribution in [0, 0.1) is 35.5 Å². The molecule has 2 saturated heterocycles. The molecule has 2 fully saturated rings. The molecule has 0 unspecified atom stereocenters. The summed E-state index contributed by atoms with van der Waals surface area (Å²) in [5.74, 6) is -10.5. The molecule has 0 radical (unpaired) electrons. The Morgan fingerprint density at radius 1 is 0.490 bits per heavy atom. The van der Waals surface area contributed by atoms with E-state index in [4.69, 9.17) is 0 Å². The van der Waals surface area contributed by atoms with Crippen LogP contribution in [-0.4, -0.2) is 250 Å². The molecule has 10 amide bonds. The minimum Gasteiger partial charge on any atom is -0.391 e. The molecule has 0 spiro atoms. The number of carbonyl (C=O) groups excluding carboxylic acids is 12. The molecule has 0 aliphatic carbocycles. The molecule has 0 bridgehead atoms. The number of likely N-dealkylation sites (tertiary alicyclic amines) is 1. The molecule has 12 atom stereocenters. The number of benzene rings is 2. The number of Topliss-reactive ketones (excluding diaryl/α,β-unsaturated/α-hetero) is 2. The first kappa shape index (κ1) is 80.9. The Bertz CT molecular complexity index is 2990. The molecule has 2 aliphatic rings. The van der Waals surface area contributed by atoms with Crippen LogP contribution in [0.15, 0.2) is 60.7 Å². The van der Waals surface area contributed by atoms with E-state index in [0.717, 1.165) is 16.2 Å². The van der Waals surface area contributed by atoms with Gasteiger partial charge < -0.3 is 54.5 Å². The van der Waals surface area contributed by atoms with E-state index >= 15 is 19.2 Å². The fraction of sp³-hybridized carbons (Fsp3) is 0.671. The number of likely N-dealkylation sites (N-methyl/N-ethyl adjacent to an activating group) is 8. The second-order valence-corrected chi connectivity index (χ2v) is 28.6. The summed E-state index contributed by atoms with van der Waals surface area (Å²) in [7, 11) is 11.5. The Balaban J connectivity index is 1.95. The lowest BCUT2D eigenvalue weighted by Gasteiger charge is -2.40. The quantitative estimate of drug-likeness (QED) is 0.241. The lowest BCUT2D eigenvalue weighted by atomic mass is 9.86. The van der Waals surface area contributed by atoms with E-state index in [1.807, 2.05) is 66.7 Å². The lowest BCUT2D eigenvalue weighted by molar-refractivity contribution is -0.155. The number of ketones is 2. The van der Waals surface area contributed by atoms with Gasteiger partial charge in [-0.1, -0.05) is 129 Å². The van der Waals surface area contributed by atoms with Gasteiger partial charge in [-0.3, -0.25) is 57.5 Å². The molecule has 534 valence electrons. The zero-order chi connectivity index (χ0) is 72.3. The highest BCUT2D eigenvalue weighted by Gasteiger charge is 2.45. The van der Waals surface area contributed by atoms with Crippen molar-refractivity contribution in [2.24, 2.45) is 35.5 Å². The summed E-state index contributed by atoms with van der Waals surface area (Å²) in [4.78, 5) is 190. The van der Waals surface area contributed by atoms with Crippen LogP contribution in [-0.2, 0) is 70.4 Å². The van der Waals surface area contributed by atoms with E-state index in [1.54, 1.807) is 61.2 Å². The molecule has 23 heteroatoms. The number of hydrogen-bond acceptors (Lipinski definition) is 13. The van der Waals surface area contributed by atoms with Gasteiger partial charge in [0.1, 0.15) is 36.3 Å². The minimum absolute atomic E-state index is 0.00662. The first-order valence-corrected chi connectivity index (χ1v) is 34.5. The molecule has 96 heavy (non-hydrogen) atoms. The van der Waals surface area contributed by atoms with Gasteiger partial charge in [0.05, 0.1) is 30.7 Å². The van der Waals surface area contributed by atoms with E-state index in [1.165, 1.54) is 99.6 Å². The molecule has 2 heterocycles. The Morgan fingerprint density at radius 2 is 0.938 bits per heavy atom. The van der Waals surface area contributed by atoms with Gasteiger partial charge in [-0.25, -0.2) is 0 Å². The number of hydrogen-bond donors (Lipinski definition) is 2. The second-order valence-electron chi connectivity index (χ2n) is 28.6. The van der Waals surface area contributed by atoms with Crippen molar-refractivity contribution in [3.05, 3.63) is 71.8 Å². The highest BCUT2D eigenvalue weighted by molar-refractivity contribution is 6.00. The van der Waals surface area contributed by atoms with E-state index in [2.05, 4.69) is 5.32 Å². The average molecular weight is 1340 g/mol. The van der Waals surface area contributed by atoms with Gasteiger partial charge in [0.25, 0.3) is 0 Å². The molecule has 2 aliphatic heterocycles. The van der Waals surface area contributed by atoms with Crippen LogP contribution in [0.1, 0.15) is 151 Å². The minimum atomic E-state index is -1.68. The van der Waals surface area contributed by atoms with Crippen LogP contribution in [0.4, 0.5) is 0 Å². The van der Waals surface area contributed by atoms with E-state index in [9.17, 15) is 43.5 Å². The summed E-state index contributed by atoms with van der Waals surface area (Å²) < 4.78 is 0. The summed E-state index contributed by atoms with van der Waals surface area (Å²) in [6.07, 6.45) is 0.308. The third kappa shape index (κ3) is 21.7. The van der Waals surface area contributed by atoms with Crippen molar-refractivity contribution in [1.82, 2.24) is 49.4 Å². The third-order valence-corrected chi connectivity index (χ3v) is 19.5. The Labute approximate surface area is 571 Å². The van der Waals surface area contributed by atoms with Gasteiger partial charge in [-0.05, 0) is 87.2 Å². The fourth-order valence-corrected chi connectivity index (χ4v) is 13.1. The standard InChI is InChI=1S/C73H114N10O13/c1-20-48(8)65-61(86)42-54(69(92)83-34-28-23-29-35-83)43-62(87)75(12)44-63(88)77(14)55(36-45(2)3)60(85)39-49(9)67(90)79(16)57(37-46(4)5)71(94)81(18)59(41-53-32-26-22-27-33-53)72(95)80(17)58(38-47(6)7)70(93)78(15)56(40-52-30-24-21-25-31-52)66(89)74-64(51(11)84)73(96)76(13)50(10)68(91)82(65)19/h21-22,24-27,30-33,45-51,54-59,64-65,84H,20,23,28-29,34-44H2,1-19H3,(H,74,89)/t48-,49+,50-,51+,54-,55-,56-,57-,58-,59-,64-,65-/m0/s1. The van der Waals surface area contributed by atoms with Crippen LogP contribution in [0.3, 0.4) is 0 Å². The van der Waals surface area contributed by atoms with Crippen molar-refractivity contribution < 1.29 is 62.6 Å². The molecule has 2 aromatic carbocycles. The predicted octanol–water partition coefficient (Wildman–Crippen LogP) is 5.38. The molecular weight excluding hydrogens is 1220 g/mol. The monoisotopic (exact) mass is 1340 g/mol. The third-order valence-electron chi connectivity index (χ3n) is 19.5. The van der Waals surface area contributed by atoms with Crippen LogP contribution < -0.4 is 5.32 Å². The van der Waals surface area contributed by atoms with Crippen LogP contribution >= 0.6 is 0 Å². The van der Waals surface area contributed by atoms with Gasteiger partial charge in [0.2, 0.25) is 59.1 Å². The van der Waals surface area contributed by atoms with Crippen molar-refractivity contribution in [3.8, 4) is 0 Å². The molecule has 0 saturated carbocycles. The van der Waals surface area contributed by atoms with Gasteiger partial charge in [0.15, 0.2) is 11.6 Å². The molecule has 23 nitrogen and oxygen atoms in total. The van der Waals surface area contributed by atoms with Crippen molar-refractivity contribution >= 4 is 70.6 Å². The summed E-state index contributed by atoms with van der Waals surface area (Å²) >= 11 is 0. The first-order chi connectivity index (χ1) is 45.0. The average Bonchev–Trinajstić information content (AvgIpc) is 0.860. The maximum absolute atomic E-state index is 15.6. The lowest BCUT2D eigenvalue weighted by Crippen LogP contribution is -2.62. The van der Waals surface area contributed by atoms with Crippen molar-refractivity contribution in [1.29, 1.82) is 0 Å². The van der Waals surface area contributed by atoms with E-state index < -0.39 is 162 Å². The number of rotatable bonds is 14.